The molecule has 0 saturated carbocycles. The second-order valence-corrected chi connectivity index (χ2v) is 7.73. The van der Waals surface area contributed by atoms with Crippen molar-refractivity contribution in [2.24, 2.45) is 0 Å². The van der Waals surface area contributed by atoms with Gasteiger partial charge in [0.2, 0.25) is 5.95 Å². The van der Waals surface area contributed by atoms with E-state index in [-0.39, 0.29) is 5.56 Å². The summed E-state index contributed by atoms with van der Waals surface area (Å²) in [6, 6.07) is 18.0. The summed E-state index contributed by atoms with van der Waals surface area (Å²) >= 11 is 0. The summed E-state index contributed by atoms with van der Waals surface area (Å²) in [5.41, 5.74) is 2.92. The number of rotatable bonds is 11. The number of carboxylic acids is 1. The molecule has 1 N–H and O–H groups in total. The van der Waals surface area contributed by atoms with Crippen LogP contribution in [0.1, 0.15) is 28.0 Å². The zero-order valence-electron chi connectivity index (χ0n) is 18.9. The monoisotopic (exact) mass is 434 g/mol. The topological polar surface area (TPSA) is 78.8 Å². The highest BCUT2D eigenvalue weighted by atomic mass is 16.5. The molecule has 1 heterocycles. The van der Waals surface area contributed by atoms with Crippen molar-refractivity contribution >= 4 is 17.6 Å². The number of aryl methyl sites for hydroxylation is 2. The van der Waals surface area contributed by atoms with E-state index in [0.29, 0.717) is 31.2 Å². The van der Waals surface area contributed by atoms with E-state index in [4.69, 9.17) is 4.74 Å². The maximum Gasteiger partial charge on any atom is 0.339 e. The summed E-state index contributed by atoms with van der Waals surface area (Å²) in [6.07, 6.45) is 2.74. The molecule has 32 heavy (non-hydrogen) atoms. The van der Waals surface area contributed by atoms with Crippen molar-refractivity contribution in [3.05, 3.63) is 77.6 Å². The highest BCUT2D eigenvalue weighted by Crippen LogP contribution is 2.17. The third-order valence-corrected chi connectivity index (χ3v) is 5.31. The molecule has 7 nitrogen and oxygen atoms in total. The third kappa shape index (κ3) is 6.20. The van der Waals surface area contributed by atoms with Gasteiger partial charge in [-0.25, -0.2) is 14.8 Å². The van der Waals surface area contributed by atoms with Crippen molar-refractivity contribution in [1.29, 1.82) is 0 Å². The second kappa shape index (κ2) is 11.1. The number of aromatic carboxylic acids is 1. The number of carbonyl (C=O) groups is 1. The van der Waals surface area contributed by atoms with Crippen LogP contribution in [-0.4, -0.2) is 54.8 Å². The quantitative estimate of drug-likeness (QED) is 0.487. The number of anilines is 2. The standard InChI is InChI=1S/C25H30N4O3/c1-19-10-7-8-14-23(19)32-17-16-29(3)25-26-18-21(24(30)31)22(27-25)13-9-15-28(2)20-11-5-4-6-12-20/h4-8,10-12,14,18H,9,13,15-17H2,1-3H3,(H,30,31). The van der Waals surface area contributed by atoms with E-state index in [9.17, 15) is 9.90 Å². The van der Waals surface area contributed by atoms with Crippen LogP contribution in [0.4, 0.5) is 11.6 Å². The van der Waals surface area contributed by atoms with Crippen molar-refractivity contribution in [2.75, 3.05) is 43.6 Å². The van der Waals surface area contributed by atoms with Gasteiger partial charge in [0.15, 0.2) is 0 Å². The van der Waals surface area contributed by atoms with Crippen molar-refractivity contribution in [3.63, 3.8) is 0 Å². The highest BCUT2D eigenvalue weighted by molar-refractivity contribution is 5.88. The minimum Gasteiger partial charge on any atom is -0.491 e. The summed E-state index contributed by atoms with van der Waals surface area (Å²) in [5, 5.41) is 9.55. The molecule has 0 saturated heterocycles. The van der Waals surface area contributed by atoms with Gasteiger partial charge in [-0.2, -0.15) is 0 Å². The normalized spacial score (nSPS) is 10.6. The van der Waals surface area contributed by atoms with Crippen LogP contribution in [0.15, 0.2) is 60.8 Å². The molecule has 0 aliphatic carbocycles. The van der Waals surface area contributed by atoms with Gasteiger partial charge < -0.3 is 19.6 Å². The summed E-state index contributed by atoms with van der Waals surface area (Å²) in [7, 11) is 3.91. The Morgan fingerprint density at radius 2 is 1.72 bits per heavy atom. The lowest BCUT2D eigenvalue weighted by atomic mass is 10.1. The van der Waals surface area contributed by atoms with E-state index in [1.807, 2.05) is 68.4 Å². The Balaban J connectivity index is 1.60. The average molecular weight is 435 g/mol. The van der Waals surface area contributed by atoms with Gasteiger partial charge in [0.25, 0.3) is 0 Å². The molecule has 1 aromatic heterocycles. The SMILES string of the molecule is Cc1ccccc1OCCN(C)c1ncc(C(=O)O)c(CCCN(C)c2ccccc2)n1. The molecule has 168 valence electrons. The molecule has 0 bridgehead atoms. The second-order valence-electron chi connectivity index (χ2n) is 7.73. The fraction of sp³-hybridized carbons (Fsp3) is 0.320. The van der Waals surface area contributed by atoms with Gasteiger partial charge in [-0.1, -0.05) is 36.4 Å². The lowest BCUT2D eigenvalue weighted by molar-refractivity contribution is 0.0694. The number of hydrogen-bond acceptors (Lipinski definition) is 6. The first-order valence-corrected chi connectivity index (χ1v) is 10.7. The Morgan fingerprint density at radius 3 is 2.44 bits per heavy atom. The first-order valence-electron chi connectivity index (χ1n) is 10.7. The number of nitrogens with zero attached hydrogens (tertiary/aromatic N) is 4. The van der Waals surface area contributed by atoms with Gasteiger partial charge >= 0.3 is 5.97 Å². The summed E-state index contributed by atoms with van der Waals surface area (Å²) in [6.45, 7) is 3.86. The van der Waals surface area contributed by atoms with Gasteiger partial charge in [0.05, 0.1) is 17.8 Å². The van der Waals surface area contributed by atoms with Crippen LogP contribution in [0.2, 0.25) is 0 Å². The fourth-order valence-corrected chi connectivity index (χ4v) is 3.37. The van der Waals surface area contributed by atoms with Gasteiger partial charge in [-0.3, -0.25) is 0 Å². The predicted octanol–water partition coefficient (Wildman–Crippen LogP) is 4.07. The fourth-order valence-electron chi connectivity index (χ4n) is 3.37. The molecule has 0 spiro atoms. The van der Waals surface area contributed by atoms with Crippen molar-refractivity contribution in [2.45, 2.75) is 19.8 Å². The Bertz CT molecular complexity index is 1030. The third-order valence-electron chi connectivity index (χ3n) is 5.31. The molecule has 0 atom stereocenters. The van der Waals surface area contributed by atoms with Gasteiger partial charge in [0.1, 0.15) is 12.4 Å². The Hall–Kier alpha value is -3.61. The van der Waals surface area contributed by atoms with Crippen LogP contribution in [0.5, 0.6) is 5.75 Å². The number of carboxylic acid groups (broad SMARTS) is 1. The molecule has 3 aromatic rings. The molecule has 0 fully saturated rings. The predicted molar refractivity (Wildman–Crippen MR) is 127 cm³/mol. The summed E-state index contributed by atoms with van der Waals surface area (Å²) < 4.78 is 5.86. The molecule has 2 aromatic carbocycles. The number of benzene rings is 2. The van der Waals surface area contributed by atoms with Crippen LogP contribution in [0, 0.1) is 6.92 Å². The van der Waals surface area contributed by atoms with E-state index >= 15 is 0 Å². The number of aromatic nitrogens is 2. The van der Waals surface area contributed by atoms with Crippen molar-refractivity contribution in [1.82, 2.24) is 9.97 Å². The zero-order chi connectivity index (χ0) is 22.9. The molecule has 0 aliphatic heterocycles. The number of ether oxygens (including phenoxy) is 1. The van der Waals surface area contributed by atoms with E-state index < -0.39 is 5.97 Å². The Morgan fingerprint density at radius 1 is 1.00 bits per heavy atom. The number of likely N-dealkylation sites (N-methyl/N-ethyl adjacent to an activating group) is 1. The molecule has 0 amide bonds. The molecular weight excluding hydrogens is 404 g/mol. The van der Waals surface area contributed by atoms with Crippen molar-refractivity contribution in [3.8, 4) is 5.75 Å². The molecule has 3 rings (SSSR count). The zero-order valence-corrected chi connectivity index (χ0v) is 18.9. The van der Waals surface area contributed by atoms with Gasteiger partial charge in [-0.15, -0.1) is 0 Å². The van der Waals surface area contributed by atoms with Crippen LogP contribution < -0.4 is 14.5 Å². The Kier molecular flexibility index (Phi) is 8.02. The lowest BCUT2D eigenvalue weighted by Gasteiger charge is -2.20. The molecule has 0 aliphatic rings. The smallest absolute Gasteiger partial charge is 0.339 e. The van der Waals surface area contributed by atoms with Crippen LogP contribution in [0.3, 0.4) is 0 Å². The molecule has 7 heteroatoms. The maximum absolute atomic E-state index is 11.7. The van der Waals surface area contributed by atoms with Crippen LogP contribution in [-0.2, 0) is 6.42 Å². The Labute approximate surface area is 189 Å². The van der Waals surface area contributed by atoms with E-state index in [2.05, 4.69) is 27.0 Å². The first-order chi connectivity index (χ1) is 15.5. The van der Waals surface area contributed by atoms with E-state index in [1.54, 1.807) is 0 Å². The maximum atomic E-state index is 11.7. The molecule has 0 radical (unpaired) electrons. The highest BCUT2D eigenvalue weighted by Gasteiger charge is 2.16. The molecular formula is C25H30N4O3. The van der Waals surface area contributed by atoms with E-state index in [1.165, 1.54) is 6.20 Å². The van der Waals surface area contributed by atoms with Crippen molar-refractivity contribution < 1.29 is 14.6 Å². The minimum atomic E-state index is -1.01. The van der Waals surface area contributed by atoms with Crippen LogP contribution >= 0.6 is 0 Å². The molecule has 0 unspecified atom stereocenters. The number of para-hydroxylation sites is 2. The summed E-state index contributed by atoms with van der Waals surface area (Å²) in [4.78, 5) is 24.5. The van der Waals surface area contributed by atoms with E-state index in [0.717, 1.165) is 30.0 Å². The van der Waals surface area contributed by atoms with Gasteiger partial charge in [-0.05, 0) is 43.5 Å². The van der Waals surface area contributed by atoms with Crippen LogP contribution in [0.25, 0.3) is 0 Å². The minimum absolute atomic E-state index is 0.153. The number of hydrogen-bond donors (Lipinski definition) is 1. The average Bonchev–Trinajstić information content (AvgIpc) is 2.80. The summed E-state index contributed by atoms with van der Waals surface area (Å²) in [5.74, 6) is 0.342. The lowest BCUT2D eigenvalue weighted by Crippen LogP contribution is -2.26. The largest absolute Gasteiger partial charge is 0.491 e. The first kappa shape index (κ1) is 23.1. The van der Waals surface area contributed by atoms with Gasteiger partial charge in [0, 0.05) is 32.5 Å².